The predicted molar refractivity (Wildman–Crippen MR) is 132 cm³/mol. The first kappa shape index (κ1) is 20.8. The van der Waals surface area contributed by atoms with E-state index in [0.717, 1.165) is 59.8 Å². The smallest absolute Gasteiger partial charge is 0.159 e. The molecule has 162 valence electrons. The van der Waals surface area contributed by atoms with Crippen molar-refractivity contribution in [3.63, 3.8) is 0 Å². The van der Waals surface area contributed by atoms with Crippen LogP contribution in [0.5, 0.6) is 0 Å². The van der Waals surface area contributed by atoms with E-state index in [1.165, 1.54) is 0 Å². The number of hydrogen-bond acceptors (Lipinski definition) is 6. The molecule has 32 heavy (non-hydrogen) atoms. The van der Waals surface area contributed by atoms with Crippen molar-refractivity contribution in [2.45, 2.75) is 6.42 Å². The summed E-state index contributed by atoms with van der Waals surface area (Å²) in [6.07, 6.45) is 2.34. The molecule has 8 heteroatoms. The number of anilines is 3. The molecule has 0 bridgehead atoms. The highest BCUT2D eigenvalue weighted by atomic mass is 35.5. The van der Waals surface area contributed by atoms with Crippen molar-refractivity contribution in [3.05, 3.63) is 82.1 Å². The maximum absolute atomic E-state index is 6.20. The Balaban J connectivity index is 1.39. The number of fused-ring (bicyclic) bond motifs is 1. The van der Waals surface area contributed by atoms with Crippen molar-refractivity contribution in [2.75, 3.05) is 41.7 Å². The van der Waals surface area contributed by atoms with E-state index in [-0.39, 0.29) is 0 Å². The lowest BCUT2D eigenvalue weighted by Crippen LogP contribution is -2.47. The predicted octanol–water partition coefficient (Wildman–Crippen LogP) is 4.83. The van der Waals surface area contributed by atoms with Gasteiger partial charge in [-0.3, -0.25) is 0 Å². The maximum Gasteiger partial charge on any atom is 0.159 e. The van der Waals surface area contributed by atoms with E-state index < -0.39 is 0 Å². The molecule has 2 aromatic heterocycles. The van der Waals surface area contributed by atoms with Gasteiger partial charge in [-0.15, -0.1) is 5.10 Å². The van der Waals surface area contributed by atoms with Crippen LogP contribution in [0.1, 0.15) is 11.3 Å². The van der Waals surface area contributed by atoms with Gasteiger partial charge in [-0.2, -0.15) is 5.10 Å². The van der Waals surface area contributed by atoms with Crippen LogP contribution in [-0.4, -0.2) is 41.4 Å². The lowest BCUT2D eigenvalue weighted by atomic mass is 10.0. The number of hydrogen-bond donors (Lipinski definition) is 1. The first-order chi connectivity index (χ1) is 15.6. The highest BCUT2D eigenvalue weighted by molar-refractivity contribution is 6.42. The molecule has 0 radical (unpaired) electrons. The average Bonchev–Trinajstić information content (AvgIpc) is 2.82. The highest BCUT2D eigenvalue weighted by Gasteiger charge is 2.22. The molecule has 3 heterocycles. The van der Waals surface area contributed by atoms with E-state index in [2.05, 4.69) is 37.1 Å². The van der Waals surface area contributed by atoms with Crippen LogP contribution in [0.15, 0.2) is 60.8 Å². The zero-order valence-corrected chi connectivity index (χ0v) is 18.9. The van der Waals surface area contributed by atoms with Gasteiger partial charge in [0.1, 0.15) is 5.82 Å². The van der Waals surface area contributed by atoms with Gasteiger partial charge in [0.2, 0.25) is 0 Å². The lowest BCUT2D eigenvalue weighted by molar-refractivity contribution is 0.639. The van der Waals surface area contributed by atoms with Gasteiger partial charge in [0.15, 0.2) is 5.82 Å². The quantitative estimate of drug-likeness (QED) is 0.466. The minimum atomic E-state index is 0.548. The molecular weight excluding hydrogens is 443 g/mol. The Bertz CT molecular complexity index is 1250. The second-order valence-corrected chi connectivity index (χ2v) is 8.68. The summed E-state index contributed by atoms with van der Waals surface area (Å²) in [5, 5.41) is 12.6. The Morgan fingerprint density at radius 2 is 1.56 bits per heavy atom. The van der Waals surface area contributed by atoms with Crippen LogP contribution in [-0.2, 0) is 6.42 Å². The second-order valence-electron chi connectivity index (χ2n) is 7.86. The number of halogens is 2. The van der Waals surface area contributed by atoms with Crippen molar-refractivity contribution in [1.82, 2.24) is 15.2 Å². The molecule has 2 aromatic carbocycles. The summed E-state index contributed by atoms with van der Waals surface area (Å²) in [6.45, 7) is 3.41. The fourth-order valence-electron chi connectivity index (χ4n) is 4.08. The van der Waals surface area contributed by atoms with E-state index in [1.807, 2.05) is 42.5 Å². The van der Waals surface area contributed by atoms with Crippen LogP contribution in [0, 0.1) is 0 Å². The number of pyridine rings is 1. The molecule has 1 fully saturated rings. The van der Waals surface area contributed by atoms with E-state index >= 15 is 0 Å². The first-order valence-corrected chi connectivity index (χ1v) is 11.2. The van der Waals surface area contributed by atoms with Crippen LogP contribution in [0.2, 0.25) is 10.0 Å². The number of benzene rings is 2. The maximum atomic E-state index is 6.20. The molecule has 0 amide bonds. The average molecular weight is 465 g/mol. The highest BCUT2D eigenvalue weighted by Crippen LogP contribution is 2.29. The molecule has 0 spiro atoms. The number of rotatable bonds is 4. The molecule has 5 rings (SSSR count). The topological polar surface area (TPSA) is 71.2 Å². The fraction of sp³-hybridized carbons (Fsp3) is 0.208. The van der Waals surface area contributed by atoms with Crippen molar-refractivity contribution in [1.29, 1.82) is 0 Å². The van der Waals surface area contributed by atoms with Crippen molar-refractivity contribution < 1.29 is 0 Å². The molecule has 1 aliphatic rings. The van der Waals surface area contributed by atoms with Gasteiger partial charge in [-0.05, 0) is 29.8 Å². The normalized spacial score (nSPS) is 14.2. The molecule has 1 saturated heterocycles. The Morgan fingerprint density at radius 3 is 2.28 bits per heavy atom. The third-order valence-corrected chi connectivity index (χ3v) is 6.51. The fourth-order valence-corrected chi connectivity index (χ4v) is 4.40. The molecule has 0 saturated carbocycles. The zero-order valence-electron chi connectivity index (χ0n) is 17.4. The van der Waals surface area contributed by atoms with E-state index in [4.69, 9.17) is 28.9 Å². The van der Waals surface area contributed by atoms with Gasteiger partial charge >= 0.3 is 0 Å². The van der Waals surface area contributed by atoms with Gasteiger partial charge in [-0.1, -0.05) is 53.5 Å². The molecule has 4 aromatic rings. The summed E-state index contributed by atoms with van der Waals surface area (Å²) in [5.74, 6) is 1.87. The number of nitrogens with zero attached hydrogens (tertiary/aromatic N) is 5. The minimum absolute atomic E-state index is 0.548. The molecule has 0 aliphatic carbocycles. The van der Waals surface area contributed by atoms with Crippen molar-refractivity contribution in [2.24, 2.45) is 0 Å². The van der Waals surface area contributed by atoms with Crippen molar-refractivity contribution >= 4 is 51.3 Å². The van der Waals surface area contributed by atoms with Gasteiger partial charge in [-0.25, -0.2) is 4.98 Å². The van der Waals surface area contributed by atoms with Crippen LogP contribution in [0.25, 0.3) is 10.8 Å². The second kappa shape index (κ2) is 8.81. The summed E-state index contributed by atoms with van der Waals surface area (Å²) in [4.78, 5) is 9.02. The largest absolute Gasteiger partial charge is 0.397 e. The summed E-state index contributed by atoms with van der Waals surface area (Å²) >= 11 is 12.3. The minimum Gasteiger partial charge on any atom is -0.397 e. The Morgan fingerprint density at radius 1 is 0.812 bits per heavy atom. The number of nitrogens with two attached hydrogens (primary N) is 1. The number of nitrogen functional groups attached to an aromatic ring is 1. The number of piperazine rings is 1. The van der Waals surface area contributed by atoms with E-state index in [9.17, 15) is 0 Å². The lowest BCUT2D eigenvalue weighted by Gasteiger charge is -2.36. The van der Waals surface area contributed by atoms with Crippen molar-refractivity contribution in [3.8, 4) is 0 Å². The molecular formula is C24H22Cl2N6. The number of aromatic nitrogens is 3. The summed E-state index contributed by atoms with van der Waals surface area (Å²) in [6, 6.07) is 17.8. The first-order valence-electron chi connectivity index (χ1n) is 10.5. The Labute approximate surface area is 196 Å². The molecule has 0 unspecified atom stereocenters. The monoisotopic (exact) mass is 464 g/mol. The summed E-state index contributed by atoms with van der Waals surface area (Å²) < 4.78 is 0. The van der Waals surface area contributed by atoms with Gasteiger partial charge in [0.05, 0.1) is 27.6 Å². The third kappa shape index (κ3) is 4.16. The Hall–Kier alpha value is -3.09. The summed E-state index contributed by atoms with van der Waals surface area (Å²) in [7, 11) is 0. The van der Waals surface area contributed by atoms with E-state index in [0.29, 0.717) is 22.2 Å². The van der Waals surface area contributed by atoms with Crippen LogP contribution in [0.4, 0.5) is 17.3 Å². The zero-order chi connectivity index (χ0) is 22.1. The van der Waals surface area contributed by atoms with Gasteiger partial charge in [0, 0.05) is 43.4 Å². The molecule has 6 nitrogen and oxygen atoms in total. The van der Waals surface area contributed by atoms with Crippen LogP contribution >= 0.6 is 23.2 Å². The standard InChI is InChI=1S/C24H22Cl2N6/c25-20-7-5-16(13-21(20)26)14-22-18-3-1-2-4-19(18)24(30-29-22)32-11-9-31(10-12-32)23-8-6-17(27)15-28-23/h1-8,13,15H,9-12,14,27H2. The van der Waals surface area contributed by atoms with Crippen LogP contribution in [0.3, 0.4) is 0 Å². The molecule has 1 aliphatic heterocycles. The molecule has 0 atom stereocenters. The third-order valence-electron chi connectivity index (χ3n) is 5.77. The van der Waals surface area contributed by atoms with Crippen LogP contribution < -0.4 is 15.5 Å². The SMILES string of the molecule is Nc1ccc(N2CCN(c3nnc(Cc4ccc(Cl)c(Cl)c4)c4ccccc34)CC2)nc1. The van der Waals surface area contributed by atoms with Gasteiger partial charge in [0.25, 0.3) is 0 Å². The Kier molecular flexibility index (Phi) is 5.72. The van der Waals surface area contributed by atoms with E-state index in [1.54, 1.807) is 6.20 Å². The molecule has 2 N–H and O–H groups in total. The summed E-state index contributed by atoms with van der Waals surface area (Å²) in [5.41, 5.74) is 8.42. The van der Waals surface area contributed by atoms with Gasteiger partial charge < -0.3 is 15.5 Å².